The molecule has 0 saturated carbocycles. The summed E-state index contributed by atoms with van der Waals surface area (Å²) in [7, 11) is 3.94. The van der Waals surface area contributed by atoms with Crippen molar-refractivity contribution >= 4 is 0 Å². The van der Waals surface area contributed by atoms with E-state index in [1.54, 1.807) is 6.20 Å². The number of rotatable bonds is 6. The average molecular weight is 246 g/mol. The Morgan fingerprint density at radius 1 is 1.39 bits per heavy atom. The van der Waals surface area contributed by atoms with Crippen molar-refractivity contribution in [2.75, 3.05) is 14.1 Å². The molecule has 1 N–H and O–H groups in total. The van der Waals surface area contributed by atoms with Gasteiger partial charge < -0.3 is 9.84 Å². The molecule has 2 aromatic rings. The molecule has 0 bridgehead atoms. The lowest BCUT2D eigenvalue weighted by Gasteiger charge is -2.14. The highest BCUT2D eigenvalue weighted by Gasteiger charge is 2.07. The smallest absolute Gasteiger partial charge is 0.151 e. The lowest BCUT2D eigenvalue weighted by molar-refractivity contribution is 0.265. The Balaban J connectivity index is 1.88. The summed E-state index contributed by atoms with van der Waals surface area (Å²) >= 11 is 0. The quantitative estimate of drug-likeness (QED) is 0.835. The first kappa shape index (κ1) is 12.7. The highest BCUT2D eigenvalue weighted by Crippen LogP contribution is 2.08. The van der Waals surface area contributed by atoms with Gasteiger partial charge in [-0.3, -0.25) is 9.88 Å². The molecule has 0 spiro atoms. The van der Waals surface area contributed by atoms with Crippen molar-refractivity contribution in [1.82, 2.24) is 20.4 Å². The molecular weight excluding hydrogens is 228 g/mol. The number of hydrogen-bond acceptors (Lipinski definition) is 5. The molecule has 2 aromatic heterocycles. The van der Waals surface area contributed by atoms with Crippen molar-refractivity contribution < 1.29 is 4.52 Å². The third kappa shape index (κ3) is 3.65. The number of nitrogens with zero attached hydrogens (tertiary/aromatic N) is 3. The largest absolute Gasteiger partial charge is 0.360 e. The Labute approximate surface area is 107 Å². The minimum atomic E-state index is 0.732. The van der Waals surface area contributed by atoms with E-state index in [-0.39, 0.29) is 0 Å². The van der Waals surface area contributed by atoms with Gasteiger partial charge in [-0.05, 0) is 25.7 Å². The normalized spacial score (nSPS) is 11.1. The molecule has 0 aromatic carbocycles. The Morgan fingerprint density at radius 2 is 2.28 bits per heavy atom. The number of pyridine rings is 1. The minimum Gasteiger partial charge on any atom is -0.360 e. The van der Waals surface area contributed by atoms with Gasteiger partial charge in [0.25, 0.3) is 0 Å². The van der Waals surface area contributed by atoms with Crippen molar-refractivity contribution in [3.8, 4) is 0 Å². The maximum absolute atomic E-state index is 5.28. The highest BCUT2D eigenvalue weighted by atomic mass is 16.5. The lowest BCUT2D eigenvalue weighted by Crippen LogP contribution is -2.16. The van der Waals surface area contributed by atoms with Crippen LogP contribution in [0.25, 0.3) is 0 Å². The summed E-state index contributed by atoms with van der Waals surface area (Å²) in [5.41, 5.74) is 2.12. The number of aromatic nitrogens is 2. The fourth-order valence-corrected chi connectivity index (χ4v) is 1.82. The van der Waals surface area contributed by atoms with Crippen LogP contribution in [0, 0.1) is 0 Å². The van der Waals surface area contributed by atoms with E-state index in [0.29, 0.717) is 0 Å². The molecule has 0 unspecified atom stereocenters. The van der Waals surface area contributed by atoms with Crippen molar-refractivity contribution in [2.45, 2.75) is 19.6 Å². The van der Waals surface area contributed by atoms with Gasteiger partial charge in [0.15, 0.2) is 5.76 Å². The maximum Gasteiger partial charge on any atom is 0.151 e. The molecule has 0 radical (unpaired) electrons. The van der Waals surface area contributed by atoms with Gasteiger partial charge in [-0.15, -0.1) is 0 Å². The van der Waals surface area contributed by atoms with Crippen LogP contribution in [0.15, 0.2) is 35.1 Å². The minimum absolute atomic E-state index is 0.732. The van der Waals surface area contributed by atoms with Crippen LogP contribution < -0.4 is 5.32 Å². The van der Waals surface area contributed by atoms with E-state index >= 15 is 0 Å². The van der Waals surface area contributed by atoms with Gasteiger partial charge in [0.2, 0.25) is 0 Å². The van der Waals surface area contributed by atoms with Crippen LogP contribution in [0.3, 0.4) is 0 Å². The zero-order valence-electron chi connectivity index (χ0n) is 10.8. The average Bonchev–Trinajstić information content (AvgIpc) is 2.78. The Morgan fingerprint density at radius 3 is 3.00 bits per heavy atom. The van der Waals surface area contributed by atoms with E-state index in [1.807, 2.05) is 32.4 Å². The van der Waals surface area contributed by atoms with E-state index in [9.17, 15) is 0 Å². The van der Waals surface area contributed by atoms with E-state index in [2.05, 4.69) is 26.4 Å². The van der Waals surface area contributed by atoms with Gasteiger partial charge in [0.05, 0.1) is 12.2 Å². The van der Waals surface area contributed by atoms with Crippen molar-refractivity contribution in [3.63, 3.8) is 0 Å². The van der Waals surface area contributed by atoms with Crippen LogP contribution in [-0.2, 0) is 19.6 Å². The molecular formula is C13H18N4O. The Bertz CT molecular complexity index is 469. The first-order chi connectivity index (χ1) is 8.78. The molecule has 0 saturated heterocycles. The van der Waals surface area contributed by atoms with Crippen LogP contribution in [0.1, 0.15) is 17.0 Å². The molecule has 0 aliphatic heterocycles. The predicted octanol–water partition coefficient (Wildman–Crippen LogP) is 1.42. The van der Waals surface area contributed by atoms with Crippen molar-refractivity contribution in [2.24, 2.45) is 0 Å². The summed E-state index contributed by atoms with van der Waals surface area (Å²) in [5, 5.41) is 7.04. The molecule has 96 valence electrons. The Hall–Kier alpha value is -1.72. The van der Waals surface area contributed by atoms with E-state index in [1.165, 1.54) is 5.56 Å². The monoisotopic (exact) mass is 246 g/mol. The molecule has 0 atom stereocenters. The van der Waals surface area contributed by atoms with Crippen molar-refractivity contribution in [1.29, 1.82) is 0 Å². The summed E-state index contributed by atoms with van der Waals surface area (Å²) in [6, 6.07) is 6.00. The van der Waals surface area contributed by atoms with Gasteiger partial charge in [-0.2, -0.15) is 0 Å². The molecule has 2 heterocycles. The van der Waals surface area contributed by atoms with Crippen LogP contribution in [0.5, 0.6) is 0 Å². The zero-order valence-corrected chi connectivity index (χ0v) is 10.8. The lowest BCUT2D eigenvalue weighted by atomic mass is 10.2. The SMILES string of the molecule is CNCc1cc(CN(C)Cc2cccnc2)on1. The van der Waals surface area contributed by atoms with Gasteiger partial charge in [0, 0.05) is 31.5 Å². The highest BCUT2D eigenvalue weighted by molar-refractivity contribution is 5.09. The van der Waals surface area contributed by atoms with Gasteiger partial charge in [0.1, 0.15) is 0 Å². The molecule has 0 amide bonds. The van der Waals surface area contributed by atoms with Gasteiger partial charge in [-0.1, -0.05) is 11.2 Å². The summed E-state index contributed by atoms with van der Waals surface area (Å²) in [6.45, 7) is 2.32. The van der Waals surface area contributed by atoms with Crippen LogP contribution >= 0.6 is 0 Å². The second-order valence-electron chi connectivity index (χ2n) is 4.35. The fraction of sp³-hybridized carbons (Fsp3) is 0.385. The number of hydrogen-bond donors (Lipinski definition) is 1. The zero-order chi connectivity index (χ0) is 12.8. The molecule has 2 rings (SSSR count). The standard InChI is InChI=1S/C13H18N4O/c1-14-8-12-6-13(18-16-12)10-17(2)9-11-4-3-5-15-7-11/h3-7,14H,8-10H2,1-2H3. The molecule has 0 aliphatic rings. The second-order valence-corrected chi connectivity index (χ2v) is 4.35. The third-order valence-corrected chi connectivity index (χ3v) is 2.57. The first-order valence-corrected chi connectivity index (χ1v) is 5.94. The van der Waals surface area contributed by atoms with Gasteiger partial charge >= 0.3 is 0 Å². The van der Waals surface area contributed by atoms with E-state index in [4.69, 9.17) is 4.52 Å². The summed E-state index contributed by atoms with van der Waals surface area (Å²) < 4.78 is 5.28. The van der Waals surface area contributed by atoms with E-state index in [0.717, 1.165) is 31.1 Å². The van der Waals surface area contributed by atoms with E-state index < -0.39 is 0 Å². The molecule has 5 heteroatoms. The maximum atomic E-state index is 5.28. The van der Waals surface area contributed by atoms with Crippen LogP contribution in [0.2, 0.25) is 0 Å². The fourth-order valence-electron chi connectivity index (χ4n) is 1.82. The summed E-state index contributed by atoms with van der Waals surface area (Å²) in [6.07, 6.45) is 3.66. The predicted molar refractivity (Wildman–Crippen MR) is 68.7 cm³/mol. The Kier molecular flexibility index (Phi) is 4.44. The topological polar surface area (TPSA) is 54.2 Å². The number of nitrogens with one attached hydrogen (secondary N) is 1. The molecule has 0 fully saturated rings. The summed E-state index contributed by atoms with van der Waals surface area (Å²) in [5.74, 6) is 0.881. The van der Waals surface area contributed by atoms with Gasteiger partial charge in [-0.25, -0.2) is 0 Å². The summed E-state index contributed by atoms with van der Waals surface area (Å²) in [4.78, 5) is 6.27. The first-order valence-electron chi connectivity index (χ1n) is 5.94. The van der Waals surface area contributed by atoms with Crippen LogP contribution in [-0.4, -0.2) is 29.1 Å². The van der Waals surface area contributed by atoms with Crippen LogP contribution in [0.4, 0.5) is 0 Å². The van der Waals surface area contributed by atoms with Crippen molar-refractivity contribution in [3.05, 3.63) is 47.6 Å². The molecule has 0 aliphatic carbocycles. The second kappa shape index (κ2) is 6.28. The third-order valence-electron chi connectivity index (χ3n) is 2.57. The molecule has 18 heavy (non-hydrogen) atoms. The molecule has 5 nitrogen and oxygen atoms in total.